The largest absolute Gasteiger partial charge is 0.338 e. The number of pyridine rings is 1. The Balaban J connectivity index is 1.67. The summed E-state index contributed by atoms with van der Waals surface area (Å²) < 4.78 is 0.690. The molecule has 27 heavy (non-hydrogen) atoms. The van der Waals surface area contributed by atoms with Gasteiger partial charge in [-0.1, -0.05) is 23.7 Å². The van der Waals surface area contributed by atoms with Gasteiger partial charge in [0, 0.05) is 11.3 Å². The highest BCUT2D eigenvalue weighted by atomic mass is 79.9. The van der Waals surface area contributed by atoms with Crippen molar-refractivity contribution in [3.63, 3.8) is 0 Å². The van der Waals surface area contributed by atoms with Gasteiger partial charge in [0.15, 0.2) is 0 Å². The zero-order valence-electron chi connectivity index (χ0n) is 14.3. The molecule has 0 spiro atoms. The van der Waals surface area contributed by atoms with E-state index in [0.717, 1.165) is 16.6 Å². The Labute approximate surface area is 168 Å². The topological polar surface area (TPSA) is 70.7 Å². The molecule has 5 nitrogen and oxygen atoms in total. The maximum Gasteiger partial charge on any atom is 0.257 e. The summed E-state index contributed by atoms with van der Waals surface area (Å²) in [6.45, 7) is 1.79. The molecule has 0 radical (unpaired) electrons. The molecule has 4 aromatic rings. The second-order valence-corrected chi connectivity index (χ2v) is 7.24. The molecule has 0 atom stereocenters. The smallest absolute Gasteiger partial charge is 0.257 e. The molecule has 2 aromatic heterocycles. The van der Waals surface area contributed by atoms with Crippen LogP contribution in [0.1, 0.15) is 16.1 Å². The number of fused-ring (bicyclic) bond motifs is 1. The van der Waals surface area contributed by atoms with E-state index >= 15 is 0 Å². The Bertz CT molecular complexity index is 1140. The number of nitrogens with one attached hydrogen (secondary N) is 2. The third-order valence-corrected chi connectivity index (χ3v) is 4.94. The van der Waals surface area contributed by atoms with Crippen molar-refractivity contribution in [3.05, 3.63) is 75.5 Å². The van der Waals surface area contributed by atoms with Crippen LogP contribution in [0.2, 0.25) is 5.02 Å². The molecule has 2 aromatic carbocycles. The van der Waals surface area contributed by atoms with E-state index in [4.69, 9.17) is 11.6 Å². The van der Waals surface area contributed by atoms with Crippen LogP contribution in [-0.2, 0) is 0 Å². The number of carbonyl (C=O) groups is 1. The van der Waals surface area contributed by atoms with Crippen LogP contribution in [0.25, 0.3) is 22.4 Å². The van der Waals surface area contributed by atoms with Gasteiger partial charge >= 0.3 is 0 Å². The molecule has 0 aliphatic heterocycles. The van der Waals surface area contributed by atoms with Crippen molar-refractivity contribution in [1.82, 2.24) is 15.0 Å². The number of halogens is 2. The fourth-order valence-electron chi connectivity index (χ4n) is 2.83. The van der Waals surface area contributed by atoms with Crippen molar-refractivity contribution in [2.24, 2.45) is 0 Å². The number of carbonyl (C=O) groups excluding carboxylic acids is 1. The number of aryl methyl sites for hydroxylation is 1. The number of nitrogens with zero attached hydrogens (tertiary/aromatic N) is 2. The van der Waals surface area contributed by atoms with Gasteiger partial charge in [-0.15, -0.1) is 0 Å². The van der Waals surface area contributed by atoms with Crippen LogP contribution in [0.5, 0.6) is 0 Å². The lowest BCUT2D eigenvalue weighted by atomic mass is 10.1. The zero-order chi connectivity index (χ0) is 19.0. The summed E-state index contributed by atoms with van der Waals surface area (Å²) in [7, 11) is 0. The average Bonchev–Trinajstić information content (AvgIpc) is 3.07. The monoisotopic (exact) mass is 440 g/mol. The van der Waals surface area contributed by atoms with Gasteiger partial charge in [0.1, 0.15) is 10.4 Å². The summed E-state index contributed by atoms with van der Waals surface area (Å²) in [6.07, 6.45) is 0. The molecule has 0 fully saturated rings. The van der Waals surface area contributed by atoms with Gasteiger partial charge in [-0.3, -0.25) is 4.79 Å². The number of aromatic nitrogens is 3. The van der Waals surface area contributed by atoms with Gasteiger partial charge < -0.3 is 10.3 Å². The molecule has 0 saturated heterocycles. The Hall–Kier alpha value is -2.70. The summed E-state index contributed by atoms with van der Waals surface area (Å²) in [5.74, 6) is 0.421. The number of anilines is 1. The molecule has 0 aliphatic carbocycles. The van der Waals surface area contributed by atoms with E-state index in [1.165, 1.54) is 0 Å². The molecular weight excluding hydrogens is 428 g/mol. The molecule has 0 bridgehead atoms. The maximum atomic E-state index is 12.6. The first-order valence-corrected chi connectivity index (χ1v) is 9.37. The standard InChI is InChI=1S/C20H14BrClN4O/c1-11-13(7-9-18(21)23-11)20(27)24-12-6-8-15(22)14(10-12)19-25-16-4-2-3-5-17(16)26-19/h2-10H,1H3,(H,24,27)(H,25,26). The number of hydrogen-bond donors (Lipinski definition) is 2. The summed E-state index contributed by atoms with van der Waals surface area (Å²) in [5, 5.41) is 3.44. The first-order chi connectivity index (χ1) is 13.0. The van der Waals surface area contributed by atoms with E-state index in [1.54, 1.807) is 37.3 Å². The van der Waals surface area contributed by atoms with E-state index in [0.29, 0.717) is 32.4 Å². The predicted octanol–water partition coefficient (Wildman–Crippen LogP) is 5.60. The molecule has 0 unspecified atom stereocenters. The molecular formula is C20H14BrClN4O. The highest BCUT2D eigenvalue weighted by molar-refractivity contribution is 9.10. The van der Waals surface area contributed by atoms with Crippen LogP contribution in [0.3, 0.4) is 0 Å². The molecule has 4 rings (SSSR count). The number of benzene rings is 2. The van der Waals surface area contributed by atoms with Crippen LogP contribution >= 0.6 is 27.5 Å². The van der Waals surface area contributed by atoms with E-state index in [1.807, 2.05) is 24.3 Å². The normalized spacial score (nSPS) is 10.9. The number of para-hydroxylation sites is 2. The number of rotatable bonds is 3. The summed E-state index contributed by atoms with van der Waals surface area (Å²) in [6, 6.07) is 16.5. The quantitative estimate of drug-likeness (QED) is 0.406. The SMILES string of the molecule is Cc1nc(Br)ccc1C(=O)Nc1ccc(Cl)c(-c2nc3ccccc3[nH]2)c1. The van der Waals surface area contributed by atoms with E-state index < -0.39 is 0 Å². The fourth-order valence-corrected chi connectivity index (χ4v) is 3.44. The molecule has 2 heterocycles. The predicted molar refractivity (Wildman–Crippen MR) is 111 cm³/mol. The van der Waals surface area contributed by atoms with Crippen LogP contribution in [-0.4, -0.2) is 20.9 Å². The maximum absolute atomic E-state index is 12.6. The van der Waals surface area contributed by atoms with Gasteiger partial charge in [-0.2, -0.15) is 0 Å². The molecule has 1 amide bonds. The molecule has 134 valence electrons. The first-order valence-electron chi connectivity index (χ1n) is 8.20. The highest BCUT2D eigenvalue weighted by Gasteiger charge is 2.14. The van der Waals surface area contributed by atoms with Crippen molar-refractivity contribution in [1.29, 1.82) is 0 Å². The van der Waals surface area contributed by atoms with Gasteiger partial charge in [0.2, 0.25) is 0 Å². The van der Waals surface area contributed by atoms with E-state index in [2.05, 4.69) is 36.2 Å². The fraction of sp³-hybridized carbons (Fsp3) is 0.0500. The van der Waals surface area contributed by atoms with E-state index in [-0.39, 0.29) is 5.91 Å². The molecule has 0 saturated carbocycles. The van der Waals surface area contributed by atoms with E-state index in [9.17, 15) is 4.79 Å². The average molecular weight is 442 g/mol. The second kappa shape index (κ2) is 7.13. The Morgan fingerprint density at radius 1 is 1.11 bits per heavy atom. The number of amides is 1. The number of imidazole rings is 1. The minimum absolute atomic E-state index is 0.231. The van der Waals surface area contributed by atoms with Crippen molar-refractivity contribution < 1.29 is 4.79 Å². The van der Waals surface area contributed by atoms with Crippen molar-refractivity contribution in [3.8, 4) is 11.4 Å². The lowest BCUT2D eigenvalue weighted by Crippen LogP contribution is -2.14. The second-order valence-electron chi connectivity index (χ2n) is 6.02. The van der Waals surface area contributed by atoms with Gasteiger partial charge in [0.25, 0.3) is 5.91 Å². The third kappa shape index (κ3) is 3.59. The summed E-state index contributed by atoms with van der Waals surface area (Å²) in [4.78, 5) is 24.7. The minimum Gasteiger partial charge on any atom is -0.338 e. The Morgan fingerprint density at radius 3 is 2.70 bits per heavy atom. The van der Waals surface area contributed by atoms with Crippen molar-refractivity contribution in [2.75, 3.05) is 5.32 Å². The lowest BCUT2D eigenvalue weighted by Gasteiger charge is -2.09. The van der Waals surface area contributed by atoms with Crippen LogP contribution in [0.15, 0.2) is 59.2 Å². The number of hydrogen-bond acceptors (Lipinski definition) is 3. The minimum atomic E-state index is -0.231. The van der Waals surface area contributed by atoms with Crippen molar-refractivity contribution in [2.45, 2.75) is 6.92 Å². The first kappa shape index (κ1) is 17.7. The number of H-pyrrole nitrogens is 1. The Morgan fingerprint density at radius 2 is 1.93 bits per heavy atom. The highest BCUT2D eigenvalue weighted by Crippen LogP contribution is 2.30. The van der Waals surface area contributed by atoms with Gasteiger partial charge in [0.05, 0.1) is 27.3 Å². The molecule has 0 aliphatic rings. The molecule has 7 heteroatoms. The van der Waals surface area contributed by atoms with Gasteiger partial charge in [-0.25, -0.2) is 9.97 Å². The third-order valence-electron chi connectivity index (χ3n) is 4.17. The Kier molecular flexibility index (Phi) is 4.68. The van der Waals surface area contributed by atoms with Gasteiger partial charge in [-0.05, 0) is 65.3 Å². The zero-order valence-corrected chi connectivity index (χ0v) is 16.6. The summed E-state index contributed by atoms with van der Waals surface area (Å²) >= 11 is 9.67. The lowest BCUT2D eigenvalue weighted by molar-refractivity contribution is 0.102. The van der Waals surface area contributed by atoms with Crippen LogP contribution in [0, 0.1) is 6.92 Å². The van der Waals surface area contributed by atoms with Crippen LogP contribution < -0.4 is 5.32 Å². The molecule has 2 N–H and O–H groups in total. The number of aromatic amines is 1. The van der Waals surface area contributed by atoms with Crippen LogP contribution in [0.4, 0.5) is 5.69 Å². The summed E-state index contributed by atoms with van der Waals surface area (Å²) in [5.41, 5.74) is 4.29. The van der Waals surface area contributed by atoms with Crippen molar-refractivity contribution >= 4 is 50.2 Å².